The molecule has 2 N–H and O–H groups in total. The summed E-state index contributed by atoms with van der Waals surface area (Å²) in [4.78, 5) is 27.5. The molecule has 31 heavy (non-hydrogen) atoms. The first-order valence-corrected chi connectivity index (χ1v) is 11.8. The van der Waals surface area contributed by atoms with Gasteiger partial charge in [0.2, 0.25) is 11.8 Å². The molecular formula is C23H32Cl2N2O4. The second-order valence-corrected chi connectivity index (χ2v) is 9.85. The van der Waals surface area contributed by atoms with E-state index < -0.39 is 11.6 Å². The first-order valence-electron chi connectivity index (χ1n) is 11.0. The average Bonchev–Trinajstić information content (AvgIpc) is 3.27. The summed E-state index contributed by atoms with van der Waals surface area (Å²) in [6.45, 7) is 4.63. The summed E-state index contributed by atoms with van der Waals surface area (Å²) in [6.07, 6.45) is 4.61. The van der Waals surface area contributed by atoms with Crippen LogP contribution in [-0.2, 0) is 15.2 Å². The van der Waals surface area contributed by atoms with Gasteiger partial charge in [0.05, 0.1) is 17.7 Å². The number of carbonyl (C=O) groups is 2. The first kappa shape index (κ1) is 24.1. The van der Waals surface area contributed by atoms with Crippen molar-refractivity contribution in [3.8, 4) is 5.75 Å². The SMILES string of the molecule is COc1cc(C2(O)CCN(C(=O)[C@H](NC(=O)C3CCCC3)C(C)C)CC2)c(Cl)cc1Cl. The van der Waals surface area contributed by atoms with Gasteiger partial charge in [0.15, 0.2) is 0 Å². The predicted molar refractivity (Wildman–Crippen MR) is 121 cm³/mol. The largest absolute Gasteiger partial charge is 0.495 e. The molecule has 1 heterocycles. The summed E-state index contributed by atoms with van der Waals surface area (Å²) < 4.78 is 5.27. The molecule has 0 spiro atoms. The number of amides is 2. The number of ether oxygens (including phenoxy) is 1. The van der Waals surface area contributed by atoms with E-state index in [1.807, 2.05) is 13.8 Å². The Bertz CT molecular complexity index is 816. The maximum absolute atomic E-state index is 13.2. The van der Waals surface area contributed by atoms with E-state index in [2.05, 4.69) is 5.32 Å². The highest BCUT2D eigenvalue weighted by Crippen LogP contribution is 2.41. The molecule has 0 aromatic heterocycles. The molecule has 2 amide bonds. The average molecular weight is 471 g/mol. The highest BCUT2D eigenvalue weighted by Gasteiger charge is 2.40. The Kier molecular flexibility index (Phi) is 7.76. The minimum Gasteiger partial charge on any atom is -0.495 e. The van der Waals surface area contributed by atoms with Crippen LogP contribution < -0.4 is 10.1 Å². The van der Waals surface area contributed by atoms with Crippen LogP contribution in [0.3, 0.4) is 0 Å². The molecular weight excluding hydrogens is 439 g/mol. The van der Waals surface area contributed by atoms with Gasteiger partial charge < -0.3 is 20.1 Å². The number of hydrogen-bond acceptors (Lipinski definition) is 4. The number of likely N-dealkylation sites (tertiary alicyclic amines) is 1. The maximum atomic E-state index is 13.2. The monoisotopic (exact) mass is 470 g/mol. The highest BCUT2D eigenvalue weighted by atomic mass is 35.5. The lowest BCUT2D eigenvalue weighted by molar-refractivity contribution is -0.142. The number of methoxy groups -OCH3 is 1. The molecule has 2 fully saturated rings. The molecule has 0 unspecified atom stereocenters. The Morgan fingerprint density at radius 2 is 1.77 bits per heavy atom. The lowest BCUT2D eigenvalue weighted by Crippen LogP contribution is -2.55. The van der Waals surface area contributed by atoms with Crippen LogP contribution in [0.1, 0.15) is 57.9 Å². The van der Waals surface area contributed by atoms with E-state index in [0.717, 1.165) is 25.7 Å². The molecule has 172 valence electrons. The molecule has 1 aliphatic heterocycles. The van der Waals surface area contributed by atoms with Crippen molar-refractivity contribution in [2.45, 2.75) is 64.0 Å². The molecule has 1 atom stereocenters. The van der Waals surface area contributed by atoms with Gasteiger partial charge in [-0.05, 0) is 43.7 Å². The number of benzene rings is 1. The Morgan fingerprint density at radius 3 is 2.32 bits per heavy atom. The smallest absolute Gasteiger partial charge is 0.245 e. The fourth-order valence-corrected chi connectivity index (χ4v) is 5.21. The fourth-order valence-electron chi connectivity index (χ4n) is 4.58. The Balaban J connectivity index is 1.68. The summed E-state index contributed by atoms with van der Waals surface area (Å²) in [6, 6.07) is 2.68. The molecule has 1 saturated carbocycles. The van der Waals surface area contributed by atoms with Crippen LogP contribution in [0.4, 0.5) is 0 Å². The third-order valence-electron chi connectivity index (χ3n) is 6.60. The van der Waals surface area contributed by atoms with E-state index in [0.29, 0.717) is 47.3 Å². The van der Waals surface area contributed by atoms with E-state index >= 15 is 0 Å². The first-order chi connectivity index (χ1) is 14.7. The molecule has 3 rings (SSSR count). The van der Waals surface area contributed by atoms with E-state index in [-0.39, 0.29) is 23.7 Å². The van der Waals surface area contributed by atoms with Crippen LogP contribution in [0, 0.1) is 11.8 Å². The number of nitrogens with zero attached hydrogens (tertiary/aromatic N) is 1. The van der Waals surface area contributed by atoms with Crippen molar-refractivity contribution in [1.82, 2.24) is 10.2 Å². The fraction of sp³-hybridized carbons (Fsp3) is 0.652. The minimum absolute atomic E-state index is 0.0156. The zero-order chi connectivity index (χ0) is 22.8. The van der Waals surface area contributed by atoms with Gasteiger partial charge in [-0.2, -0.15) is 0 Å². The topological polar surface area (TPSA) is 78.9 Å². The second kappa shape index (κ2) is 9.97. The summed E-state index contributed by atoms with van der Waals surface area (Å²) in [7, 11) is 1.51. The predicted octanol–water partition coefficient (Wildman–Crippen LogP) is 4.14. The third-order valence-corrected chi connectivity index (χ3v) is 7.21. The van der Waals surface area contributed by atoms with Crippen molar-refractivity contribution in [2.75, 3.05) is 20.2 Å². The quantitative estimate of drug-likeness (QED) is 0.654. The van der Waals surface area contributed by atoms with Gasteiger partial charge >= 0.3 is 0 Å². The Hall–Kier alpha value is -1.50. The van der Waals surface area contributed by atoms with Gasteiger partial charge in [0, 0.05) is 29.6 Å². The molecule has 1 saturated heterocycles. The van der Waals surface area contributed by atoms with Crippen molar-refractivity contribution >= 4 is 35.0 Å². The van der Waals surface area contributed by atoms with E-state index in [9.17, 15) is 14.7 Å². The molecule has 0 radical (unpaired) electrons. The number of nitrogens with one attached hydrogen (secondary N) is 1. The normalized spacial score (nSPS) is 20.0. The molecule has 2 aliphatic rings. The van der Waals surface area contributed by atoms with Crippen molar-refractivity contribution < 1.29 is 19.4 Å². The van der Waals surface area contributed by atoms with Gasteiger partial charge in [-0.25, -0.2) is 0 Å². The standard InChI is InChI=1S/C23H32Cl2N2O4/c1-14(2)20(26-21(28)15-6-4-5-7-15)22(29)27-10-8-23(30,9-11-27)16-12-19(31-3)18(25)13-17(16)24/h12-15,20,30H,4-11H2,1-3H3,(H,26,28)/t20-/m1/s1. The van der Waals surface area contributed by atoms with E-state index in [1.54, 1.807) is 17.0 Å². The number of hydrogen-bond donors (Lipinski definition) is 2. The molecule has 6 nitrogen and oxygen atoms in total. The summed E-state index contributed by atoms with van der Waals surface area (Å²) in [5.74, 6) is 0.333. The van der Waals surface area contributed by atoms with Crippen molar-refractivity contribution in [3.05, 3.63) is 27.7 Å². The van der Waals surface area contributed by atoms with Crippen LogP contribution in [0.15, 0.2) is 12.1 Å². The van der Waals surface area contributed by atoms with Gasteiger partial charge in [-0.15, -0.1) is 0 Å². The summed E-state index contributed by atoms with van der Waals surface area (Å²) >= 11 is 12.5. The van der Waals surface area contributed by atoms with Crippen LogP contribution in [0.5, 0.6) is 5.75 Å². The third kappa shape index (κ3) is 5.29. The summed E-state index contributed by atoms with van der Waals surface area (Å²) in [5, 5.41) is 15.0. The molecule has 8 heteroatoms. The lowest BCUT2D eigenvalue weighted by atomic mass is 9.84. The van der Waals surface area contributed by atoms with Crippen molar-refractivity contribution in [1.29, 1.82) is 0 Å². The Labute approximate surface area is 194 Å². The molecule has 1 aromatic rings. The highest BCUT2D eigenvalue weighted by molar-refractivity contribution is 6.36. The molecule has 1 aliphatic carbocycles. The number of halogens is 2. The zero-order valence-electron chi connectivity index (χ0n) is 18.4. The minimum atomic E-state index is -1.17. The van der Waals surface area contributed by atoms with Crippen molar-refractivity contribution in [3.63, 3.8) is 0 Å². The van der Waals surface area contributed by atoms with Crippen molar-refractivity contribution in [2.24, 2.45) is 11.8 Å². The summed E-state index contributed by atoms with van der Waals surface area (Å²) in [5.41, 5.74) is -0.621. The van der Waals surface area contributed by atoms with Crippen LogP contribution in [0.25, 0.3) is 0 Å². The van der Waals surface area contributed by atoms with Gasteiger partial charge in [-0.1, -0.05) is 49.9 Å². The number of rotatable bonds is 6. The van der Waals surface area contributed by atoms with Gasteiger partial charge in [0.1, 0.15) is 11.8 Å². The number of carbonyl (C=O) groups excluding carboxylic acids is 2. The van der Waals surface area contributed by atoms with Crippen LogP contribution >= 0.6 is 23.2 Å². The molecule has 1 aromatic carbocycles. The molecule has 0 bridgehead atoms. The van der Waals surface area contributed by atoms with E-state index in [1.165, 1.54) is 7.11 Å². The second-order valence-electron chi connectivity index (χ2n) is 9.04. The zero-order valence-corrected chi connectivity index (χ0v) is 19.9. The number of aliphatic hydroxyl groups is 1. The Morgan fingerprint density at radius 1 is 1.16 bits per heavy atom. The van der Waals surface area contributed by atoms with Gasteiger partial charge in [-0.3, -0.25) is 9.59 Å². The maximum Gasteiger partial charge on any atom is 0.245 e. The van der Waals surface area contributed by atoms with E-state index in [4.69, 9.17) is 27.9 Å². The number of piperidine rings is 1. The van der Waals surface area contributed by atoms with Crippen LogP contribution in [0.2, 0.25) is 10.0 Å². The lowest BCUT2D eigenvalue weighted by Gasteiger charge is -2.40. The van der Waals surface area contributed by atoms with Crippen LogP contribution in [-0.4, -0.2) is 48.1 Å². The van der Waals surface area contributed by atoms with Gasteiger partial charge in [0.25, 0.3) is 0 Å².